The predicted octanol–water partition coefficient (Wildman–Crippen LogP) is 2.97. The lowest BCUT2D eigenvalue weighted by Gasteiger charge is -2.09. The summed E-state index contributed by atoms with van der Waals surface area (Å²) in [5, 5.41) is 5.16. The molecule has 3 heterocycles. The lowest BCUT2D eigenvalue weighted by atomic mass is 9.97. The molecule has 0 unspecified atom stereocenters. The number of aryl methyl sites for hydroxylation is 2. The summed E-state index contributed by atoms with van der Waals surface area (Å²) in [4.78, 5) is 19.9. The van der Waals surface area contributed by atoms with Gasteiger partial charge in [-0.25, -0.2) is 9.38 Å². The minimum Gasteiger partial charge on any atom is -0.268 e. The molecule has 5 nitrogen and oxygen atoms in total. The van der Waals surface area contributed by atoms with Gasteiger partial charge >= 0.3 is 0 Å². The Morgan fingerprint density at radius 1 is 1.09 bits per heavy atom. The van der Waals surface area contributed by atoms with E-state index in [0.29, 0.717) is 5.78 Å². The summed E-state index contributed by atoms with van der Waals surface area (Å²) in [7, 11) is 0. The van der Waals surface area contributed by atoms with E-state index < -0.39 is 0 Å². The van der Waals surface area contributed by atoms with Gasteiger partial charge < -0.3 is 0 Å². The Kier molecular flexibility index (Phi) is 2.69. The van der Waals surface area contributed by atoms with Gasteiger partial charge in [-0.05, 0) is 43.4 Å². The maximum atomic E-state index is 12.9. The van der Waals surface area contributed by atoms with Crippen LogP contribution in [0.4, 0.5) is 0 Å². The van der Waals surface area contributed by atoms with Crippen molar-refractivity contribution in [2.45, 2.75) is 25.7 Å². The first-order chi connectivity index (χ1) is 11.3. The number of benzene rings is 1. The molecule has 0 aliphatic heterocycles. The minimum absolute atomic E-state index is 0.00609. The van der Waals surface area contributed by atoms with E-state index in [1.807, 2.05) is 30.3 Å². The predicted molar refractivity (Wildman–Crippen MR) is 90.6 cm³/mol. The number of hydrogen-bond acceptors (Lipinski definition) is 4. The smallest absolute Gasteiger partial charge is 0.268 e. The van der Waals surface area contributed by atoms with Crippen LogP contribution in [0.3, 0.4) is 0 Å². The SMILES string of the molecule is O=c1c2c3c(sc2nc2n(-c4ccccc4)ncn12)CCCC3. The van der Waals surface area contributed by atoms with Crippen LogP contribution in [0.2, 0.25) is 0 Å². The lowest BCUT2D eigenvalue weighted by molar-refractivity contribution is 0.700. The second-order valence-corrected chi connectivity index (χ2v) is 6.94. The van der Waals surface area contributed by atoms with Gasteiger partial charge in [0.2, 0.25) is 5.78 Å². The highest BCUT2D eigenvalue weighted by Gasteiger charge is 2.21. The van der Waals surface area contributed by atoms with E-state index >= 15 is 0 Å². The van der Waals surface area contributed by atoms with Gasteiger partial charge in [0, 0.05) is 4.88 Å². The molecular formula is C17H14N4OS. The largest absolute Gasteiger partial charge is 0.269 e. The number of rotatable bonds is 1. The maximum Gasteiger partial charge on any atom is 0.269 e. The molecule has 6 heteroatoms. The molecule has 4 aromatic rings. The van der Waals surface area contributed by atoms with E-state index in [0.717, 1.165) is 35.2 Å². The molecule has 114 valence electrons. The maximum absolute atomic E-state index is 12.9. The van der Waals surface area contributed by atoms with Crippen LogP contribution in [0, 0.1) is 0 Å². The fraction of sp³-hybridized carbons (Fsp3) is 0.235. The molecule has 0 amide bonds. The van der Waals surface area contributed by atoms with Crippen LogP contribution >= 0.6 is 11.3 Å². The molecule has 0 spiro atoms. The first-order valence-electron chi connectivity index (χ1n) is 7.79. The Morgan fingerprint density at radius 2 is 1.91 bits per heavy atom. The van der Waals surface area contributed by atoms with Gasteiger partial charge in [0.25, 0.3) is 5.56 Å². The number of aromatic nitrogens is 4. The molecule has 0 N–H and O–H groups in total. The van der Waals surface area contributed by atoms with Crippen LogP contribution in [0.5, 0.6) is 0 Å². The summed E-state index contributed by atoms with van der Waals surface area (Å²) in [5.74, 6) is 0.576. The fourth-order valence-electron chi connectivity index (χ4n) is 3.37. The van der Waals surface area contributed by atoms with Crippen molar-refractivity contribution in [2.24, 2.45) is 0 Å². The number of fused-ring (bicyclic) bond motifs is 4. The van der Waals surface area contributed by atoms with E-state index in [2.05, 4.69) is 5.10 Å². The van der Waals surface area contributed by atoms with Crippen molar-refractivity contribution >= 4 is 27.3 Å². The summed E-state index contributed by atoms with van der Waals surface area (Å²) < 4.78 is 3.29. The topological polar surface area (TPSA) is 52.2 Å². The van der Waals surface area contributed by atoms with Crippen molar-refractivity contribution in [3.8, 4) is 5.69 Å². The third kappa shape index (κ3) is 1.81. The molecule has 0 radical (unpaired) electrons. The average Bonchev–Trinajstić information content (AvgIpc) is 3.17. The molecule has 0 saturated carbocycles. The van der Waals surface area contributed by atoms with Gasteiger partial charge in [0.1, 0.15) is 11.2 Å². The Hall–Kier alpha value is -2.47. The highest BCUT2D eigenvalue weighted by Crippen LogP contribution is 2.33. The average molecular weight is 322 g/mol. The summed E-state index contributed by atoms with van der Waals surface area (Å²) in [6, 6.07) is 9.79. The van der Waals surface area contributed by atoms with Crippen molar-refractivity contribution in [2.75, 3.05) is 0 Å². The van der Waals surface area contributed by atoms with Gasteiger partial charge in [0.05, 0.1) is 11.1 Å². The monoisotopic (exact) mass is 322 g/mol. The molecule has 0 bridgehead atoms. The molecule has 3 aromatic heterocycles. The van der Waals surface area contributed by atoms with Crippen LogP contribution in [-0.2, 0) is 12.8 Å². The molecule has 1 aliphatic carbocycles. The van der Waals surface area contributed by atoms with Crippen molar-refractivity contribution in [1.82, 2.24) is 19.2 Å². The second kappa shape index (κ2) is 4.76. The number of hydrogen-bond donors (Lipinski definition) is 0. The molecule has 23 heavy (non-hydrogen) atoms. The van der Waals surface area contributed by atoms with Crippen LogP contribution in [-0.4, -0.2) is 19.2 Å². The zero-order valence-corrected chi connectivity index (χ0v) is 13.2. The standard InChI is InChI=1S/C17H14N4OS/c22-16-14-12-8-4-5-9-13(12)23-15(14)19-17-20(16)10-18-21(17)11-6-2-1-3-7-11/h1-3,6-7,10H,4-5,8-9H2. The van der Waals surface area contributed by atoms with Gasteiger partial charge in [-0.2, -0.15) is 9.78 Å². The van der Waals surface area contributed by atoms with E-state index in [1.165, 1.54) is 16.9 Å². The molecule has 5 rings (SSSR count). The first-order valence-corrected chi connectivity index (χ1v) is 8.60. The summed E-state index contributed by atoms with van der Waals surface area (Å²) >= 11 is 1.67. The molecule has 0 atom stereocenters. The molecule has 0 saturated heterocycles. The third-order valence-electron chi connectivity index (χ3n) is 4.48. The Bertz CT molecular complexity index is 1090. The summed E-state index contributed by atoms with van der Waals surface area (Å²) in [6.07, 6.45) is 6.00. The Morgan fingerprint density at radius 3 is 2.78 bits per heavy atom. The Labute approximate surface area is 135 Å². The highest BCUT2D eigenvalue weighted by molar-refractivity contribution is 7.18. The van der Waals surface area contributed by atoms with E-state index in [1.54, 1.807) is 26.7 Å². The van der Waals surface area contributed by atoms with Crippen molar-refractivity contribution in [1.29, 1.82) is 0 Å². The van der Waals surface area contributed by atoms with Crippen molar-refractivity contribution in [3.05, 3.63) is 57.5 Å². The van der Waals surface area contributed by atoms with Crippen molar-refractivity contribution in [3.63, 3.8) is 0 Å². The first kappa shape index (κ1) is 13.0. The van der Waals surface area contributed by atoms with Crippen LogP contribution in [0.15, 0.2) is 41.5 Å². The molecule has 1 aromatic carbocycles. The van der Waals surface area contributed by atoms with E-state index in [-0.39, 0.29) is 5.56 Å². The second-order valence-electron chi connectivity index (χ2n) is 5.86. The van der Waals surface area contributed by atoms with E-state index in [9.17, 15) is 4.79 Å². The minimum atomic E-state index is 0.00609. The highest BCUT2D eigenvalue weighted by atomic mass is 32.1. The van der Waals surface area contributed by atoms with E-state index in [4.69, 9.17) is 4.98 Å². The Balaban J connectivity index is 1.86. The van der Waals surface area contributed by atoms with Gasteiger partial charge in [-0.1, -0.05) is 18.2 Å². The fourth-order valence-corrected chi connectivity index (χ4v) is 4.61. The number of nitrogens with zero attached hydrogens (tertiary/aromatic N) is 4. The third-order valence-corrected chi connectivity index (χ3v) is 5.66. The summed E-state index contributed by atoms with van der Waals surface area (Å²) in [6.45, 7) is 0. The molecular weight excluding hydrogens is 308 g/mol. The van der Waals surface area contributed by atoms with Crippen molar-refractivity contribution < 1.29 is 0 Å². The summed E-state index contributed by atoms with van der Waals surface area (Å²) in [5.41, 5.74) is 2.13. The lowest BCUT2D eigenvalue weighted by Crippen LogP contribution is -2.15. The molecule has 1 aliphatic rings. The number of para-hydroxylation sites is 1. The van der Waals surface area contributed by atoms with Crippen LogP contribution in [0.25, 0.3) is 21.7 Å². The zero-order valence-electron chi connectivity index (χ0n) is 12.4. The zero-order chi connectivity index (χ0) is 15.4. The van der Waals surface area contributed by atoms with Crippen LogP contribution in [0.1, 0.15) is 23.3 Å². The normalized spacial score (nSPS) is 14.4. The van der Waals surface area contributed by atoms with Crippen LogP contribution < -0.4 is 5.56 Å². The quantitative estimate of drug-likeness (QED) is 0.541. The van der Waals surface area contributed by atoms with Gasteiger partial charge in [-0.3, -0.25) is 4.79 Å². The van der Waals surface area contributed by atoms with Gasteiger partial charge in [0.15, 0.2) is 0 Å². The van der Waals surface area contributed by atoms with Gasteiger partial charge in [-0.15, -0.1) is 11.3 Å². The molecule has 0 fully saturated rings. The number of thiophene rings is 1.